The second kappa shape index (κ2) is 5.55. The molecule has 0 aliphatic rings. The van der Waals surface area contributed by atoms with Crippen molar-refractivity contribution in [2.75, 3.05) is 7.11 Å². The monoisotopic (exact) mass is 289 g/mol. The van der Waals surface area contributed by atoms with E-state index in [4.69, 9.17) is 4.74 Å². The first-order valence-corrected chi connectivity index (χ1v) is 6.63. The summed E-state index contributed by atoms with van der Waals surface area (Å²) >= 11 is 0. The van der Waals surface area contributed by atoms with E-state index < -0.39 is 5.97 Å². The van der Waals surface area contributed by atoms with Crippen molar-refractivity contribution >= 4 is 5.97 Å². The number of hydrogen-bond donors (Lipinski definition) is 1. The van der Waals surface area contributed by atoms with Gasteiger partial charge >= 0.3 is 5.97 Å². The highest BCUT2D eigenvalue weighted by Gasteiger charge is 2.19. The number of nitrogens with zero attached hydrogens (tertiary/aromatic N) is 3. The summed E-state index contributed by atoms with van der Waals surface area (Å²) in [6, 6.07) is 0. The molecular formula is C15H19N3O3. The van der Waals surface area contributed by atoms with Crippen molar-refractivity contribution in [1.29, 1.82) is 0 Å². The molecule has 0 aliphatic heterocycles. The minimum atomic E-state index is -0.956. The lowest BCUT2D eigenvalue weighted by Gasteiger charge is -2.13. The first kappa shape index (κ1) is 15.0. The first-order chi connectivity index (χ1) is 9.86. The fraction of sp³-hybridized carbons (Fsp3) is 0.400. The zero-order valence-corrected chi connectivity index (χ0v) is 12.9. The molecular weight excluding hydrogens is 270 g/mol. The van der Waals surface area contributed by atoms with Crippen LogP contribution in [0.5, 0.6) is 5.75 Å². The van der Waals surface area contributed by atoms with Gasteiger partial charge in [-0.15, -0.1) is 0 Å². The number of aromatic carboxylic acids is 1. The maximum Gasteiger partial charge on any atom is 0.339 e. The molecule has 0 saturated heterocycles. The summed E-state index contributed by atoms with van der Waals surface area (Å²) in [6.45, 7) is 7.75. The summed E-state index contributed by atoms with van der Waals surface area (Å²) in [5.74, 6) is -0.151. The largest absolute Gasteiger partial charge is 0.496 e. The van der Waals surface area contributed by atoms with Crippen molar-refractivity contribution in [2.45, 2.75) is 34.2 Å². The van der Waals surface area contributed by atoms with Crippen LogP contribution in [0.1, 0.15) is 38.6 Å². The lowest BCUT2D eigenvalue weighted by atomic mass is 10.1. The Balaban J connectivity index is 2.44. The minimum Gasteiger partial charge on any atom is -0.496 e. The second-order valence-electron chi connectivity index (χ2n) is 5.05. The van der Waals surface area contributed by atoms with Gasteiger partial charge in [0.1, 0.15) is 11.3 Å². The molecule has 2 heterocycles. The normalized spacial score (nSPS) is 10.7. The third-order valence-electron chi connectivity index (χ3n) is 3.64. The summed E-state index contributed by atoms with van der Waals surface area (Å²) in [4.78, 5) is 15.6. The van der Waals surface area contributed by atoms with Crippen LogP contribution in [-0.2, 0) is 6.54 Å². The van der Waals surface area contributed by atoms with Crippen LogP contribution in [0.25, 0.3) is 0 Å². The molecule has 1 N–H and O–H groups in total. The van der Waals surface area contributed by atoms with E-state index in [2.05, 4.69) is 10.1 Å². The highest BCUT2D eigenvalue weighted by atomic mass is 16.5. The Morgan fingerprint density at radius 1 is 1.33 bits per heavy atom. The van der Waals surface area contributed by atoms with Gasteiger partial charge in [0.25, 0.3) is 0 Å². The average molecular weight is 289 g/mol. The van der Waals surface area contributed by atoms with Crippen LogP contribution in [0.2, 0.25) is 0 Å². The van der Waals surface area contributed by atoms with E-state index >= 15 is 0 Å². The standard InChI is InChI=1S/C15H19N3O3/c1-8-6-16-12(9(2)14(8)21-5)7-18-11(4)13(15(19)20)10(3)17-18/h6H,7H2,1-5H3,(H,19,20). The van der Waals surface area contributed by atoms with Crippen molar-refractivity contribution in [2.24, 2.45) is 0 Å². The maximum atomic E-state index is 11.2. The molecule has 6 nitrogen and oxygen atoms in total. The van der Waals surface area contributed by atoms with E-state index in [-0.39, 0.29) is 5.56 Å². The van der Waals surface area contributed by atoms with Gasteiger partial charge in [-0.25, -0.2) is 4.79 Å². The number of carbonyl (C=O) groups is 1. The number of rotatable bonds is 4. The highest BCUT2D eigenvalue weighted by molar-refractivity contribution is 5.90. The summed E-state index contributed by atoms with van der Waals surface area (Å²) < 4.78 is 7.06. The molecule has 0 bridgehead atoms. The number of methoxy groups -OCH3 is 1. The summed E-state index contributed by atoms with van der Waals surface area (Å²) in [7, 11) is 1.63. The third kappa shape index (κ3) is 2.61. The highest BCUT2D eigenvalue weighted by Crippen LogP contribution is 2.25. The van der Waals surface area contributed by atoms with Gasteiger partial charge in [0.05, 0.1) is 30.7 Å². The van der Waals surface area contributed by atoms with Crippen molar-refractivity contribution < 1.29 is 14.6 Å². The van der Waals surface area contributed by atoms with E-state index in [1.54, 1.807) is 31.8 Å². The van der Waals surface area contributed by atoms with Crippen LogP contribution in [0.15, 0.2) is 6.20 Å². The molecule has 21 heavy (non-hydrogen) atoms. The zero-order chi connectivity index (χ0) is 15.7. The molecule has 2 aromatic rings. The van der Waals surface area contributed by atoms with Crippen molar-refractivity contribution in [3.63, 3.8) is 0 Å². The second-order valence-corrected chi connectivity index (χ2v) is 5.05. The molecule has 0 radical (unpaired) electrons. The molecule has 2 rings (SSSR count). The third-order valence-corrected chi connectivity index (χ3v) is 3.64. The summed E-state index contributed by atoms with van der Waals surface area (Å²) in [5, 5.41) is 13.5. The van der Waals surface area contributed by atoms with Gasteiger partial charge in [-0.05, 0) is 27.7 Å². The predicted molar refractivity (Wildman–Crippen MR) is 78.0 cm³/mol. The van der Waals surface area contributed by atoms with Crippen molar-refractivity contribution in [3.05, 3.63) is 40.0 Å². The van der Waals surface area contributed by atoms with Crippen molar-refractivity contribution in [1.82, 2.24) is 14.8 Å². The fourth-order valence-corrected chi connectivity index (χ4v) is 2.53. The maximum absolute atomic E-state index is 11.2. The Bertz CT molecular complexity index is 705. The average Bonchev–Trinajstić information content (AvgIpc) is 2.68. The van der Waals surface area contributed by atoms with Gasteiger partial charge in [-0.1, -0.05) is 0 Å². The topological polar surface area (TPSA) is 77.2 Å². The molecule has 112 valence electrons. The van der Waals surface area contributed by atoms with Crippen LogP contribution < -0.4 is 4.74 Å². The van der Waals surface area contributed by atoms with Crippen LogP contribution >= 0.6 is 0 Å². The van der Waals surface area contributed by atoms with E-state index in [1.807, 2.05) is 13.8 Å². The lowest BCUT2D eigenvalue weighted by Crippen LogP contribution is -2.09. The molecule has 0 aromatic carbocycles. The smallest absolute Gasteiger partial charge is 0.339 e. The fourth-order valence-electron chi connectivity index (χ4n) is 2.53. The Kier molecular flexibility index (Phi) is 3.97. The van der Waals surface area contributed by atoms with E-state index in [1.165, 1.54) is 0 Å². The van der Waals surface area contributed by atoms with Crippen molar-refractivity contribution in [3.8, 4) is 5.75 Å². The SMILES string of the molecule is COc1c(C)cnc(Cn2nc(C)c(C(=O)O)c2C)c1C. The number of carboxylic acids is 1. The quantitative estimate of drug-likeness (QED) is 0.934. The van der Waals surface area contributed by atoms with E-state index in [0.29, 0.717) is 17.9 Å². The van der Waals surface area contributed by atoms with Gasteiger partial charge < -0.3 is 9.84 Å². The van der Waals surface area contributed by atoms with Gasteiger partial charge in [-0.2, -0.15) is 5.10 Å². The van der Waals surface area contributed by atoms with Crippen LogP contribution in [0.4, 0.5) is 0 Å². The molecule has 0 unspecified atom stereocenters. The molecule has 0 amide bonds. The van der Waals surface area contributed by atoms with Crippen LogP contribution in [0.3, 0.4) is 0 Å². The summed E-state index contributed by atoms with van der Waals surface area (Å²) in [6.07, 6.45) is 1.75. The van der Waals surface area contributed by atoms with Gasteiger partial charge in [-0.3, -0.25) is 9.67 Å². The molecule has 0 aliphatic carbocycles. The lowest BCUT2D eigenvalue weighted by molar-refractivity contribution is 0.0695. The molecule has 0 saturated carbocycles. The molecule has 0 fully saturated rings. The van der Waals surface area contributed by atoms with E-state index in [9.17, 15) is 9.90 Å². The predicted octanol–water partition coefficient (Wildman–Crippen LogP) is 2.27. The summed E-state index contributed by atoms with van der Waals surface area (Å²) in [5.41, 5.74) is 4.13. The van der Waals surface area contributed by atoms with Crippen LogP contribution in [0, 0.1) is 27.7 Å². The zero-order valence-electron chi connectivity index (χ0n) is 12.9. The number of aryl methyl sites for hydroxylation is 2. The Morgan fingerprint density at radius 3 is 2.52 bits per heavy atom. The Labute approximate surface area is 123 Å². The number of pyridine rings is 1. The Hall–Kier alpha value is -2.37. The minimum absolute atomic E-state index is 0.256. The molecule has 0 spiro atoms. The molecule has 6 heteroatoms. The Morgan fingerprint density at radius 2 is 2.00 bits per heavy atom. The molecule has 2 aromatic heterocycles. The first-order valence-electron chi connectivity index (χ1n) is 6.63. The van der Waals surface area contributed by atoms with E-state index in [0.717, 1.165) is 22.6 Å². The van der Waals surface area contributed by atoms with Gasteiger partial charge in [0, 0.05) is 17.3 Å². The number of hydrogen-bond acceptors (Lipinski definition) is 4. The van der Waals surface area contributed by atoms with Gasteiger partial charge in [0.2, 0.25) is 0 Å². The van der Waals surface area contributed by atoms with Gasteiger partial charge in [0.15, 0.2) is 0 Å². The number of aromatic nitrogens is 3. The van der Waals surface area contributed by atoms with Crippen LogP contribution in [-0.4, -0.2) is 33.0 Å². The number of ether oxygens (including phenoxy) is 1. The number of carboxylic acid groups (broad SMARTS) is 1. The molecule has 0 atom stereocenters.